The van der Waals surface area contributed by atoms with Gasteiger partial charge in [-0.25, -0.2) is 13.2 Å². The van der Waals surface area contributed by atoms with E-state index in [1.807, 2.05) is 30.3 Å². The van der Waals surface area contributed by atoms with Gasteiger partial charge in [0.05, 0.1) is 4.90 Å². The molecule has 0 spiro atoms. The van der Waals surface area contributed by atoms with Gasteiger partial charge in [-0.3, -0.25) is 15.0 Å². The van der Waals surface area contributed by atoms with Gasteiger partial charge >= 0.3 is 5.97 Å². The zero-order valence-electron chi connectivity index (χ0n) is 23.5. The number of nitrogens with one attached hydrogen (secondary N) is 4. The number of rotatable bonds is 13. The molecule has 4 rings (SSSR count). The van der Waals surface area contributed by atoms with E-state index in [2.05, 4.69) is 16.0 Å². The van der Waals surface area contributed by atoms with Gasteiger partial charge in [0.1, 0.15) is 17.9 Å². The van der Waals surface area contributed by atoms with E-state index < -0.39 is 34.0 Å². The number of aliphatic carboxylic acids is 1. The fourth-order valence-corrected chi connectivity index (χ4v) is 6.52. The first-order chi connectivity index (χ1) is 20.6. The molecule has 5 N–H and O–H groups in total. The van der Waals surface area contributed by atoms with E-state index in [1.165, 1.54) is 12.1 Å². The van der Waals surface area contributed by atoms with E-state index in [0.717, 1.165) is 9.87 Å². The molecule has 11 nitrogen and oxygen atoms in total. The van der Waals surface area contributed by atoms with Crippen LogP contribution in [0.4, 0.5) is 5.69 Å². The first-order valence-electron chi connectivity index (χ1n) is 14.0. The number of sulfonamides is 1. The van der Waals surface area contributed by atoms with E-state index in [0.29, 0.717) is 42.9 Å². The molecule has 0 saturated carbocycles. The molecule has 1 aliphatic heterocycles. The van der Waals surface area contributed by atoms with Gasteiger partial charge in [-0.1, -0.05) is 60.7 Å². The molecule has 1 heterocycles. The summed E-state index contributed by atoms with van der Waals surface area (Å²) in [5.41, 5.74) is 1.94. The summed E-state index contributed by atoms with van der Waals surface area (Å²) < 4.78 is 27.4. The maximum absolute atomic E-state index is 13.1. The lowest BCUT2D eigenvalue weighted by Gasteiger charge is -2.25. The second-order valence-electron chi connectivity index (χ2n) is 10.2. The van der Waals surface area contributed by atoms with Crippen molar-refractivity contribution in [3.63, 3.8) is 0 Å². The molecule has 226 valence electrons. The minimum Gasteiger partial charge on any atom is -0.480 e. The summed E-state index contributed by atoms with van der Waals surface area (Å²) in [6, 6.07) is 21.5. The number of carboxylic acid groups (broad SMARTS) is 1. The van der Waals surface area contributed by atoms with Crippen LogP contribution < -0.4 is 16.0 Å². The zero-order valence-corrected chi connectivity index (χ0v) is 24.3. The minimum absolute atomic E-state index is 0.0213. The predicted molar refractivity (Wildman–Crippen MR) is 162 cm³/mol. The molecule has 3 aromatic rings. The van der Waals surface area contributed by atoms with Crippen LogP contribution >= 0.6 is 0 Å². The average Bonchev–Trinajstić information content (AvgIpc) is 3.52. The zero-order chi connectivity index (χ0) is 30.8. The third kappa shape index (κ3) is 8.49. The maximum atomic E-state index is 13.1. The fourth-order valence-electron chi connectivity index (χ4n) is 4.84. The number of carbonyl (C=O) groups is 3. The Morgan fingerprint density at radius 1 is 0.953 bits per heavy atom. The van der Waals surface area contributed by atoms with Crippen LogP contribution in [0.25, 0.3) is 0 Å². The average molecular weight is 606 g/mol. The molecule has 2 amide bonds. The van der Waals surface area contributed by atoms with Crippen LogP contribution in [0.2, 0.25) is 0 Å². The van der Waals surface area contributed by atoms with Crippen molar-refractivity contribution in [3.05, 3.63) is 96.1 Å². The van der Waals surface area contributed by atoms with Crippen molar-refractivity contribution in [2.45, 2.75) is 49.1 Å². The standard InChI is InChI=1S/C31H35N5O6S/c32-29(23-9-3-1-4-10-23)33-19-7-14-28(37)34-24-17-15-22(16-18-24)21-26(31(39)40)35-30(38)27-13-8-20-36(27)43(41,42)25-11-5-2-6-12-25/h1-6,9-12,15-18,26-27H,7-8,13-14,19-21H2,(H2,32,33)(H,34,37)(H,35,38)(H,39,40)/t26-,27-/m0/s1. The lowest BCUT2D eigenvalue weighted by Crippen LogP contribution is -2.51. The third-order valence-electron chi connectivity index (χ3n) is 7.09. The topological polar surface area (TPSA) is 169 Å². The Morgan fingerprint density at radius 2 is 1.60 bits per heavy atom. The molecule has 1 fully saturated rings. The summed E-state index contributed by atoms with van der Waals surface area (Å²) in [7, 11) is -3.91. The van der Waals surface area contributed by atoms with Crippen LogP contribution in [0.1, 0.15) is 36.8 Å². The van der Waals surface area contributed by atoms with E-state index in [1.54, 1.807) is 42.5 Å². The predicted octanol–water partition coefficient (Wildman–Crippen LogP) is 2.99. The van der Waals surface area contributed by atoms with Crippen LogP contribution in [-0.2, 0) is 30.8 Å². The molecule has 0 radical (unpaired) electrons. The van der Waals surface area contributed by atoms with Gasteiger partial charge in [0.2, 0.25) is 21.8 Å². The van der Waals surface area contributed by atoms with Crippen molar-refractivity contribution in [1.29, 1.82) is 5.41 Å². The highest BCUT2D eigenvalue weighted by Gasteiger charge is 2.40. The quantitative estimate of drug-likeness (QED) is 0.113. The summed E-state index contributed by atoms with van der Waals surface area (Å²) in [5.74, 6) is -1.79. The third-order valence-corrected chi connectivity index (χ3v) is 9.02. The Bertz CT molecular complexity index is 1530. The Morgan fingerprint density at radius 3 is 2.26 bits per heavy atom. The first kappa shape index (κ1) is 31.4. The second kappa shape index (κ2) is 14.6. The van der Waals surface area contributed by atoms with E-state index in [9.17, 15) is 27.9 Å². The van der Waals surface area contributed by atoms with E-state index in [-0.39, 0.29) is 30.2 Å². The molecular weight excluding hydrogens is 570 g/mol. The number of amides is 2. The Hall–Kier alpha value is -4.55. The van der Waals surface area contributed by atoms with Crippen LogP contribution in [0.15, 0.2) is 89.8 Å². The van der Waals surface area contributed by atoms with Crippen LogP contribution in [-0.4, -0.2) is 66.6 Å². The molecule has 12 heteroatoms. The van der Waals surface area contributed by atoms with Gasteiger partial charge in [-0.2, -0.15) is 4.31 Å². The Kier molecular flexibility index (Phi) is 10.6. The summed E-state index contributed by atoms with van der Waals surface area (Å²) in [6.07, 6.45) is 1.55. The molecule has 0 unspecified atom stereocenters. The number of carboxylic acids is 1. The summed E-state index contributed by atoms with van der Waals surface area (Å²) in [6.45, 7) is 0.646. The highest BCUT2D eigenvalue weighted by molar-refractivity contribution is 7.89. The number of carbonyl (C=O) groups excluding carboxylic acids is 2. The summed E-state index contributed by atoms with van der Waals surface area (Å²) in [5, 5.41) is 26.1. The number of amidine groups is 1. The molecule has 1 saturated heterocycles. The summed E-state index contributed by atoms with van der Waals surface area (Å²) >= 11 is 0. The molecule has 2 atom stereocenters. The molecule has 1 aliphatic rings. The first-order valence-corrected chi connectivity index (χ1v) is 15.5. The molecule has 0 aliphatic carbocycles. The molecule has 0 bridgehead atoms. The van der Waals surface area contributed by atoms with Gasteiger partial charge in [0, 0.05) is 37.2 Å². The Labute approximate surface area is 250 Å². The second-order valence-corrected chi connectivity index (χ2v) is 12.1. The number of hydrogen-bond acceptors (Lipinski definition) is 6. The maximum Gasteiger partial charge on any atom is 0.326 e. The van der Waals surface area contributed by atoms with E-state index >= 15 is 0 Å². The lowest BCUT2D eigenvalue weighted by molar-refractivity contribution is -0.142. The van der Waals surface area contributed by atoms with E-state index in [4.69, 9.17) is 5.41 Å². The molecule has 43 heavy (non-hydrogen) atoms. The largest absolute Gasteiger partial charge is 0.480 e. The fraction of sp³-hybridized carbons (Fsp3) is 0.290. The number of nitrogens with zero attached hydrogens (tertiary/aromatic N) is 1. The van der Waals surface area contributed by atoms with Gasteiger partial charge in [-0.05, 0) is 49.1 Å². The SMILES string of the molecule is N=C(NCCCC(=O)Nc1ccc(C[C@H](NC(=O)[C@@H]2CCCN2S(=O)(=O)c2ccccc2)C(=O)O)cc1)c1ccccc1. The molecular formula is C31H35N5O6S. The van der Waals surface area contributed by atoms with Crippen LogP contribution in [0.5, 0.6) is 0 Å². The summed E-state index contributed by atoms with van der Waals surface area (Å²) in [4.78, 5) is 37.5. The molecule has 0 aromatic heterocycles. The van der Waals surface area contributed by atoms with Crippen molar-refractivity contribution in [1.82, 2.24) is 14.9 Å². The minimum atomic E-state index is -3.91. The van der Waals surface area contributed by atoms with Crippen LogP contribution in [0, 0.1) is 5.41 Å². The van der Waals surface area contributed by atoms with Crippen molar-refractivity contribution in [2.24, 2.45) is 0 Å². The van der Waals surface area contributed by atoms with Crippen molar-refractivity contribution in [2.75, 3.05) is 18.4 Å². The van der Waals surface area contributed by atoms with Gasteiger partial charge in [0.15, 0.2) is 0 Å². The number of benzene rings is 3. The van der Waals surface area contributed by atoms with Crippen molar-refractivity contribution in [3.8, 4) is 0 Å². The number of hydrogen-bond donors (Lipinski definition) is 5. The van der Waals surface area contributed by atoms with Gasteiger partial charge < -0.3 is 21.1 Å². The lowest BCUT2D eigenvalue weighted by atomic mass is 10.0. The van der Waals surface area contributed by atoms with Crippen LogP contribution in [0.3, 0.4) is 0 Å². The molecule has 3 aromatic carbocycles. The van der Waals surface area contributed by atoms with Crippen molar-refractivity contribution >= 4 is 39.3 Å². The normalized spacial score (nSPS) is 15.8. The Balaban J connectivity index is 1.26. The number of anilines is 1. The monoisotopic (exact) mass is 605 g/mol. The smallest absolute Gasteiger partial charge is 0.326 e. The highest BCUT2D eigenvalue weighted by Crippen LogP contribution is 2.26. The highest BCUT2D eigenvalue weighted by atomic mass is 32.2. The van der Waals surface area contributed by atoms with Gasteiger partial charge in [-0.15, -0.1) is 0 Å². The van der Waals surface area contributed by atoms with Gasteiger partial charge in [0.25, 0.3) is 0 Å². The van der Waals surface area contributed by atoms with Crippen molar-refractivity contribution < 1.29 is 27.9 Å².